The van der Waals surface area contributed by atoms with Gasteiger partial charge in [0.25, 0.3) is 0 Å². The third-order valence-corrected chi connectivity index (χ3v) is 6.48. The number of carbonyl (C=O) groups excluding carboxylic acids is 1. The van der Waals surface area contributed by atoms with Crippen LogP contribution < -0.4 is 9.64 Å². The van der Waals surface area contributed by atoms with Crippen molar-refractivity contribution in [3.8, 4) is 11.5 Å². The third-order valence-electron chi connectivity index (χ3n) is 6.09. The summed E-state index contributed by atoms with van der Waals surface area (Å²) in [5, 5.41) is 9.39. The number of halogens is 1. The van der Waals surface area contributed by atoms with E-state index in [1.165, 1.54) is 6.08 Å². The van der Waals surface area contributed by atoms with Crippen molar-refractivity contribution in [3.63, 3.8) is 0 Å². The third kappa shape index (κ3) is 3.66. The number of aromatic amines is 1. The van der Waals surface area contributed by atoms with Crippen LogP contribution in [-0.2, 0) is 4.79 Å². The fourth-order valence-electron chi connectivity index (χ4n) is 4.35. The Balaban J connectivity index is 1.53. The molecule has 1 amide bonds. The van der Waals surface area contributed by atoms with Gasteiger partial charge >= 0.3 is 0 Å². The van der Waals surface area contributed by atoms with E-state index in [1.54, 1.807) is 12.5 Å². The lowest BCUT2D eigenvalue weighted by Gasteiger charge is -2.40. The molecule has 0 saturated carbocycles. The Morgan fingerprint density at radius 1 is 1.30 bits per heavy atom. The van der Waals surface area contributed by atoms with Gasteiger partial charge in [-0.1, -0.05) is 24.2 Å². The molecule has 8 nitrogen and oxygen atoms in total. The Hall–Kier alpha value is -3.65. The molecule has 168 valence electrons. The Bertz CT molecular complexity index is 1380. The molecule has 1 fully saturated rings. The zero-order valence-electron chi connectivity index (χ0n) is 18.4. The number of para-hydroxylation sites is 1. The Labute approximate surface area is 195 Å². The molecule has 0 aliphatic carbocycles. The molecule has 3 heterocycles. The molecule has 33 heavy (non-hydrogen) atoms. The summed E-state index contributed by atoms with van der Waals surface area (Å²) in [7, 11) is 0. The average Bonchev–Trinajstić information content (AvgIpc) is 3.29. The van der Waals surface area contributed by atoms with Crippen LogP contribution in [0.4, 0.5) is 5.82 Å². The standard InChI is InChI=1S/C24H23ClN6O2/c1-4-21(32)31-9-8-30(12-14(31)2)24-16-6-5-7-20(22(16)26-13-27-24)33-23-15(3)18(25)10-19-17(23)11-28-29-19/h4-7,10-11,13-14H,1,8-9,12H2,2-3H3,(H,28,29)/t14-/m1/s1. The number of carbonyl (C=O) groups is 1. The van der Waals surface area contributed by atoms with E-state index in [4.69, 9.17) is 16.3 Å². The van der Waals surface area contributed by atoms with Crippen LogP contribution in [0.1, 0.15) is 12.5 Å². The monoisotopic (exact) mass is 462 g/mol. The molecule has 1 aliphatic heterocycles. The molecule has 0 bridgehead atoms. The van der Waals surface area contributed by atoms with Crippen LogP contribution in [0.3, 0.4) is 0 Å². The molecule has 1 saturated heterocycles. The predicted octanol–water partition coefficient (Wildman–Crippen LogP) is 4.48. The summed E-state index contributed by atoms with van der Waals surface area (Å²) in [6.07, 6.45) is 4.64. The van der Waals surface area contributed by atoms with Crippen LogP contribution in [0.2, 0.25) is 5.02 Å². The molecule has 9 heteroatoms. The fourth-order valence-corrected chi connectivity index (χ4v) is 4.54. The molecule has 2 aromatic carbocycles. The number of amides is 1. The molecule has 0 radical (unpaired) electrons. The lowest BCUT2D eigenvalue weighted by Crippen LogP contribution is -2.54. The smallest absolute Gasteiger partial charge is 0.246 e. The van der Waals surface area contributed by atoms with Crippen LogP contribution in [0, 0.1) is 6.92 Å². The Kier molecular flexibility index (Phi) is 5.38. The highest BCUT2D eigenvalue weighted by atomic mass is 35.5. The Morgan fingerprint density at radius 3 is 2.94 bits per heavy atom. The minimum Gasteiger partial charge on any atom is -0.454 e. The molecule has 2 aromatic heterocycles. The molecule has 5 rings (SSSR count). The number of fused-ring (bicyclic) bond motifs is 2. The fraction of sp³-hybridized carbons (Fsp3) is 0.250. The van der Waals surface area contributed by atoms with E-state index in [2.05, 4.69) is 31.6 Å². The minimum absolute atomic E-state index is 0.0391. The van der Waals surface area contributed by atoms with E-state index >= 15 is 0 Å². The summed E-state index contributed by atoms with van der Waals surface area (Å²) in [5.74, 6) is 2.02. The molecule has 1 atom stereocenters. The Morgan fingerprint density at radius 2 is 2.15 bits per heavy atom. The van der Waals surface area contributed by atoms with Crippen molar-refractivity contribution in [3.05, 3.63) is 60.0 Å². The highest BCUT2D eigenvalue weighted by Crippen LogP contribution is 2.39. The summed E-state index contributed by atoms with van der Waals surface area (Å²) >= 11 is 6.42. The van der Waals surface area contributed by atoms with Gasteiger partial charge in [0.05, 0.1) is 17.1 Å². The molecule has 1 aliphatic rings. The minimum atomic E-state index is -0.0483. The van der Waals surface area contributed by atoms with E-state index in [1.807, 2.05) is 43.0 Å². The summed E-state index contributed by atoms with van der Waals surface area (Å²) in [4.78, 5) is 25.2. The maximum absolute atomic E-state index is 12.1. The number of rotatable bonds is 4. The normalized spacial score (nSPS) is 16.4. The van der Waals surface area contributed by atoms with Gasteiger partial charge in [-0.3, -0.25) is 9.89 Å². The van der Waals surface area contributed by atoms with E-state index in [0.29, 0.717) is 41.7 Å². The lowest BCUT2D eigenvalue weighted by atomic mass is 10.1. The summed E-state index contributed by atoms with van der Waals surface area (Å²) in [6.45, 7) is 9.50. The lowest BCUT2D eigenvalue weighted by molar-refractivity contribution is -0.128. The molecule has 0 spiro atoms. The number of benzene rings is 2. The number of piperazine rings is 1. The zero-order chi connectivity index (χ0) is 23.1. The van der Waals surface area contributed by atoms with Gasteiger partial charge in [-0.2, -0.15) is 5.10 Å². The second-order valence-electron chi connectivity index (χ2n) is 8.13. The number of hydrogen-bond donors (Lipinski definition) is 1. The highest BCUT2D eigenvalue weighted by molar-refractivity contribution is 6.32. The molecule has 0 unspecified atom stereocenters. The van der Waals surface area contributed by atoms with Crippen LogP contribution >= 0.6 is 11.6 Å². The zero-order valence-corrected chi connectivity index (χ0v) is 19.1. The van der Waals surface area contributed by atoms with Crippen molar-refractivity contribution >= 4 is 45.1 Å². The highest BCUT2D eigenvalue weighted by Gasteiger charge is 2.28. The number of nitrogens with one attached hydrogen (secondary N) is 1. The van der Waals surface area contributed by atoms with Crippen molar-refractivity contribution in [1.82, 2.24) is 25.1 Å². The van der Waals surface area contributed by atoms with E-state index in [0.717, 1.165) is 27.7 Å². The van der Waals surface area contributed by atoms with Gasteiger partial charge in [-0.15, -0.1) is 0 Å². The van der Waals surface area contributed by atoms with Crippen molar-refractivity contribution < 1.29 is 9.53 Å². The second-order valence-corrected chi connectivity index (χ2v) is 8.53. The first kappa shape index (κ1) is 21.2. The van der Waals surface area contributed by atoms with Gasteiger partial charge in [-0.25, -0.2) is 9.97 Å². The maximum Gasteiger partial charge on any atom is 0.246 e. The topological polar surface area (TPSA) is 87.2 Å². The quantitative estimate of drug-likeness (QED) is 0.450. The predicted molar refractivity (Wildman–Crippen MR) is 129 cm³/mol. The first-order valence-electron chi connectivity index (χ1n) is 10.7. The maximum atomic E-state index is 12.1. The van der Waals surface area contributed by atoms with Crippen LogP contribution in [0.15, 0.2) is 49.4 Å². The molecular weight excluding hydrogens is 440 g/mol. The van der Waals surface area contributed by atoms with Gasteiger partial charge < -0.3 is 14.5 Å². The van der Waals surface area contributed by atoms with Gasteiger partial charge in [-0.05, 0) is 38.1 Å². The van der Waals surface area contributed by atoms with E-state index in [9.17, 15) is 4.79 Å². The van der Waals surface area contributed by atoms with E-state index in [-0.39, 0.29) is 11.9 Å². The first-order valence-corrected chi connectivity index (χ1v) is 11.1. The van der Waals surface area contributed by atoms with Gasteiger partial charge in [0.2, 0.25) is 5.91 Å². The van der Waals surface area contributed by atoms with Gasteiger partial charge in [0.1, 0.15) is 23.4 Å². The van der Waals surface area contributed by atoms with Gasteiger partial charge in [0.15, 0.2) is 5.75 Å². The van der Waals surface area contributed by atoms with Crippen molar-refractivity contribution in [1.29, 1.82) is 0 Å². The number of H-pyrrole nitrogens is 1. The second kappa shape index (κ2) is 8.37. The molecule has 1 N–H and O–H groups in total. The summed E-state index contributed by atoms with van der Waals surface area (Å²) in [6, 6.07) is 7.68. The van der Waals surface area contributed by atoms with Crippen LogP contribution in [-0.4, -0.2) is 56.6 Å². The first-order chi connectivity index (χ1) is 16.0. The van der Waals surface area contributed by atoms with E-state index < -0.39 is 0 Å². The summed E-state index contributed by atoms with van der Waals surface area (Å²) in [5.41, 5.74) is 2.33. The van der Waals surface area contributed by atoms with Crippen molar-refractivity contribution in [2.75, 3.05) is 24.5 Å². The van der Waals surface area contributed by atoms with Crippen molar-refractivity contribution in [2.45, 2.75) is 19.9 Å². The summed E-state index contributed by atoms with van der Waals surface area (Å²) < 4.78 is 6.38. The van der Waals surface area contributed by atoms with Crippen LogP contribution in [0.5, 0.6) is 11.5 Å². The SMILES string of the molecule is C=CC(=O)N1CCN(c2ncnc3c(Oc4c(C)c(Cl)cc5[nH]ncc45)cccc23)C[C@H]1C. The number of nitrogens with zero attached hydrogens (tertiary/aromatic N) is 5. The van der Waals surface area contributed by atoms with Crippen LogP contribution in [0.25, 0.3) is 21.8 Å². The number of ether oxygens (including phenoxy) is 1. The number of anilines is 1. The van der Waals surface area contributed by atoms with Crippen molar-refractivity contribution in [2.24, 2.45) is 0 Å². The average molecular weight is 463 g/mol. The largest absolute Gasteiger partial charge is 0.454 e. The van der Waals surface area contributed by atoms with Gasteiger partial charge in [0, 0.05) is 41.6 Å². The number of hydrogen-bond acceptors (Lipinski definition) is 6. The molecular formula is C24H23ClN6O2. The molecule has 4 aromatic rings. The number of aromatic nitrogens is 4.